The molecule has 0 bridgehead atoms. The molecule has 0 aromatic heterocycles. The molecular weight excluding hydrogens is 242 g/mol. The summed E-state index contributed by atoms with van der Waals surface area (Å²) in [4.78, 5) is 12.3. The van der Waals surface area contributed by atoms with Gasteiger partial charge in [-0.25, -0.2) is 0 Å². The zero-order valence-electron chi connectivity index (χ0n) is 10.6. The molecule has 0 spiro atoms. The number of likely N-dealkylation sites (N-methyl/N-ethyl adjacent to an activating group) is 1. The van der Waals surface area contributed by atoms with Crippen LogP contribution in [0.2, 0.25) is 0 Å². The Kier molecular flexibility index (Phi) is 4.03. The topological polar surface area (TPSA) is 49.8 Å². The summed E-state index contributed by atoms with van der Waals surface area (Å²) in [5.74, 6) is 0.568. The maximum absolute atomic E-state index is 10.7. The summed E-state index contributed by atoms with van der Waals surface area (Å²) in [5.41, 5.74) is 0.802. The van der Waals surface area contributed by atoms with E-state index in [1.807, 2.05) is 54.6 Å². The van der Waals surface area contributed by atoms with Crippen LogP contribution in [0.3, 0.4) is 0 Å². The highest BCUT2D eigenvalue weighted by Gasteiger charge is 2.06. The number of anilines is 1. The van der Waals surface area contributed by atoms with Crippen molar-refractivity contribution >= 4 is 11.7 Å². The molecule has 0 unspecified atom stereocenters. The number of ether oxygens (including phenoxy) is 1. The van der Waals surface area contributed by atoms with Crippen molar-refractivity contribution in [2.75, 3.05) is 18.5 Å². The number of hydrogen-bond acceptors (Lipinski definition) is 3. The molecule has 0 heterocycles. The van der Waals surface area contributed by atoms with Crippen LogP contribution >= 0.6 is 0 Å². The Morgan fingerprint density at radius 1 is 1.11 bits per heavy atom. The molecular formula is C15H15NO3. The minimum Gasteiger partial charge on any atom is -0.480 e. The SMILES string of the molecule is CN(CC(=O)O)c1cccc(Oc2ccccc2)c1. The molecule has 98 valence electrons. The van der Waals surface area contributed by atoms with Gasteiger partial charge >= 0.3 is 5.97 Å². The molecule has 0 atom stereocenters. The Hall–Kier alpha value is -2.49. The molecule has 0 aliphatic rings. The lowest BCUT2D eigenvalue weighted by Gasteiger charge is -2.17. The van der Waals surface area contributed by atoms with E-state index in [1.54, 1.807) is 11.9 Å². The fourth-order valence-corrected chi connectivity index (χ4v) is 1.70. The number of benzene rings is 2. The molecule has 0 aliphatic carbocycles. The van der Waals surface area contributed by atoms with E-state index in [2.05, 4.69) is 0 Å². The number of para-hydroxylation sites is 1. The molecule has 2 aromatic carbocycles. The van der Waals surface area contributed by atoms with Crippen LogP contribution in [0.5, 0.6) is 11.5 Å². The summed E-state index contributed by atoms with van der Waals surface area (Å²) >= 11 is 0. The van der Waals surface area contributed by atoms with E-state index in [0.29, 0.717) is 5.75 Å². The molecule has 2 aromatic rings. The molecule has 0 saturated carbocycles. The number of hydrogen-bond donors (Lipinski definition) is 1. The van der Waals surface area contributed by atoms with Crippen LogP contribution in [0, 0.1) is 0 Å². The molecule has 4 heteroatoms. The van der Waals surface area contributed by atoms with Crippen molar-refractivity contribution in [2.45, 2.75) is 0 Å². The first-order chi connectivity index (χ1) is 9.15. The zero-order valence-corrected chi connectivity index (χ0v) is 10.6. The van der Waals surface area contributed by atoms with Crippen molar-refractivity contribution in [3.63, 3.8) is 0 Å². The largest absolute Gasteiger partial charge is 0.480 e. The average Bonchev–Trinajstić information content (AvgIpc) is 2.39. The van der Waals surface area contributed by atoms with E-state index < -0.39 is 5.97 Å². The summed E-state index contributed by atoms with van der Waals surface area (Å²) in [6.07, 6.45) is 0. The second kappa shape index (κ2) is 5.91. The van der Waals surface area contributed by atoms with Crippen LogP contribution in [0.15, 0.2) is 54.6 Å². The maximum atomic E-state index is 10.7. The second-order valence-corrected chi connectivity index (χ2v) is 4.16. The van der Waals surface area contributed by atoms with Crippen molar-refractivity contribution < 1.29 is 14.6 Å². The molecule has 1 N–H and O–H groups in total. The van der Waals surface area contributed by atoms with E-state index >= 15 is 0 Å². The monoisotopic (exact) mass is 257 g/mol. The Labute approximate surface area is 111 Å². The van der Waals surface area contributed by atoms with Crippen molar-refractivity contribution in [3.8, 4) is 11.5 Å². The van der Waals surface area contributed by atoms with Gasteiger partial charge in [0.2, 0.25) is 0 Å². The lowest BCUT2D eigenvalue weighted by molar-refractivity contribution is -0.135. The maximum Gasteiger partial charge on any atom is 0.323 e. The molecule has 19 heavy (non-hydrogen) atoms. The van der Waals surface area contributed by atoms with E-state index in [9.17, 15) is 4.79 Å². The van der Waals surface area contributed by atoms with Gasteiger partial charge in [-0.2, -0.15) is 0 Å². The average molecular weight is 257 g/mol. The third kappa shape index (κ3) is 3.74. The van der Waals surface area contributed by atoms with Gasteiger partial charge in [-0.1, -0.05) is 24.3 Å². The standard InChI is InChI=1S/C15H15NO3/c1-16(11-15(17)18)12-6-5-9-14(10-12)19-13-7-3-2-4-8-13/h2-10H,11H2,1H3,(H,17,18). The molecule has 0 radical (unpaired) electrons. The number of rotatable bonds is 5. The minimum atomic E-state index is -0.864. The third-order valence-corrected chi connectivity index (χ3v) is 2.61. The number of carbonyl (C=O) groups is 1. The van der Waals surface area contributed by atoms with E-state index in [-0.39, 0.29) is 6.54 Å². The molecule has 0 aliphatic heterocycles. The number of aliphatic carboxylic acids is 1. The summed E-state index contributed by atoms with van der Waals surface area (Å²) < 4.78 is 5.70. The Morgan fingerprint density at radius 2 is 1.79 bits per heavy atom. The highest BCUT2D eigenvalue weighted by molar-refractivity contribution is 5.73. The smallest absolute Gasteiger partial charge is 0.323 e. The van der Waals surface area contributed by atoms with Crippen LogP contribution in [-0.4, -0.2) is 24.7 Å². The predicted octanol–water partition coefficient (Wildman–Crippen LogP) is 3.00. The van der Waals surface area contributed by atoms with E-state index in [0.717, 1.165) is 11.4 Å². The molecule has 2 rings (SSSR count). The lowest BCUT2D eigenvalue weighted by atomic mass is 10.2. The van der Waals surface area contributed by atoms with Crippen molar-refractivity contribution in [2.24, 2.45) is 0 Å². The van der Waals surface area contributed by atoms with Crippen LogP contribution in [-0.2, 0) is 4.79 Å². The third-order valence-electron chi connectivity index (χ3n) is 2.61. The molecule has 0 fully saturated rings. The Bertz CT molecular complexity index is 554. The first kappa shape index (κ1) is 13.0. The fraction of sp³-hybridized carbons (Fsp3) is 0.133. The number of carboxylic acids is 1. The summed E-state index contributed by atoms with van der Waals surface area (Å²) in [7, 11) is 1.73. The van der Waals surface area contributed by atoms with E-state index in [4.69, 9.17) is 9.84 Å². The first-order valence-electron chi connectivity index (χ1n) is 5.91. The van der Waals surface area contributed by atoms with E-state index in [1.165, 1.54) is 0 Å². The van der Waals surface area contributed by atoms with Crippen LogP contribution in [0.1, 0.15) is 0 Å². The minimum absolute atomic E-state index is 0.0468. The number of carboxylic acid groups (broad SMARTS) is 1. The normalized spacial score (nSPS) is 9.95. The van der Waals surface area contributed by atoms with Crippen LogP contribution < -0.4 is 9.64 Å². The Morgan fingerprint density at radius 3 is 2.47 bits per heavy atom. The quantitative estimate of drug-likeness (QED) is 0.894. The first-order valence-corrected chi connectivity index (χ1v) is 5.91. The van der Waals surface area contributed by atoms with Crippen molar-refractivity contribution in [1.29, 1.82) is 0 Å². The number of nitrogens with zero attached hydrogens (tertiary/aromatic N) is 1. The van der Waals surface area contributed by atoms with Gasteiger partial charge in [0, 0.05) is 18.8 Å². The lowest BCUT2D eigenvalue weighted by Crippen LogP contribution is -2.24. The van der Waals surface area contributed by atoms with Gasteiger partial charge in [-0.3, -0.25) is 4.79 Å². The Balaban J connectivity index is 2.13. The highest BCUT2D eigenvalue weighted by Crippen LogP contribution is 2.25. The molecule has 4 nitrogen and oxygen atoms in total. The van der Waals surface area contributed by atoms with Gasteiger partial charge in [0.05, 0.1) is 0 Å². The highest BCUT2D eigenvalue weighted by atomic mass is 16.5. The van der Waals surface area contributed by atoms with Gasteiger partial charge in [0.1, 0.15) is 18.0 Å². The van der Waals surface area contributed by atoms with Gasteiger partial charge in [0.25, 0.3) is 0 Å². The van der Waals surface area contributed by atoms with Gasteiger partial charge in [-0.05, 0) is 24.3 Å². The van der Waals surface area contributed by atoms with Gasteiger partial charge < -0.3 is 14.7 Å². The summed E-state index contributed by atoms with van der Waals surface area (Å²) in [6, 6.07) is 16.8. The molecule has 0 saturated heterocycles. The molecule has 0 amide bonds. The van der Waals surface area contributed by atoms with Gasteiger partial charge in [-0.15, -0.1) is 0 Å². The van der Waals surface area contributed by atoms with Crippen LogP contribution in [0.4, 0.5) is 5.69 Å². The van der Waals surface area contributed by atoms with Crippen molar-refractivity contribution in [1.82, 2.24) is 0 Å². The van der Waals surface area contributed by atoms with Crippen LogP contribution in [0.25, 0.3) is 0 Å². The van der Waals surface area contributed by atoms with Crippen molar-refractivity contribution in [3.05, 3.63) is 54.6 Å². The van der Waals surface area contributed by atoms with Gasteiger partial charge in [0.15, 0.2) is 0 Å². The summed E-state index contributed by atoms with van der Waals surface area (Å²) in [5, 5.41) is 8.78. The summed E-state index contributed by atoms with van der Waals surface area (Å²) in [6.45, 7) is -0.0468. The zero-order chi connectivity index (χ0) is 13.7. The fourth-order valence-electron chi connectivity index (χ4n) is 1.70. The predicted molar refractivity (Wildman–Crippen MR) is 73.9 cm³/mol. The second-order valence-electron chi connectivity index (χ2n) is 4.16.